The molecule has 2 rings (SSSR count). The fourth-order valence-electron chi connectivity index (χ4n) is 2.24. The van der Waals surface area contributed by atoms with E-state index in [4.69, 9.17) is 9.47 Å². The van der Waals surface area contributed by atoms with Gasteiger partial charge in [0.05, 0.1) is 6.61 Å². The lowest BCUT2D eigenvalue weighted by atomic mass is 10.1. The molecule has 7 heteroatoms. The largest absolute Gasteiger partial charge is 0.467 e. The number of aromatic nitrogens is 1. The summed E-state index contributed by atoms with van der Waals surface area (Å²) in [5, 5.41) is 13.1. The summed E-state index contributed by atoms with van der Waals surface area (Å²) in [6.07, 6.45) is 5.04. The molecule has 0 radical (unpaired) electrons. The molecular formula is C20H20N4O3. The molecule has 0 unspecified atom stereocenters. The van der Waals surface area contributed by atoms with E-state index in [-0.39, 0.29) is 24.7 Å². The first kappa shape index (κ1) is 19.8. The second-order valence-corrected chi connectivity index (χ2v) is 5.52. The molecular weight excluding hydrogens is 344 g/mol. The van der Waals surface area contributed by atoms with Crippen molar-refractivity contribution < 1.29 is 14.3 Å². The van der Waals surface area contributed by atoms with Gasteiger partial charge in [-0.1, -0.05) is 36.4 Å². The minimum absolute atomic E-state index is 0.104. The highest BCUT2D eigenvalue weighted by atomic mass is 16.5. The van der Waals surface area contributed by atoms with Crippen LogP contribution in [0.1, 0.15) is 22.4 Å². The number of allylic oxidation sites excluding steroid dienone is 1. The molecule has 0 fully saturated rings. The van der Waals surface area contributed by atoms with Gasteiger partial charge in [0, 0.05) is 24.6 Å². The predicted octanol–water partition coefficient (Wildman–Crippen LogP) is 2.60. The van der Waals surface area contributed by atoms with Crippen LogP contribution in [0, 0.1) is 18.3 Å². The van der Waals surface area contributed by atoms with Crippen molar-refractivity contribution in [2.75, 3.05) is 13.7 Å². The number of hydrogen-bond donors (Lipinski definition) is 1. The SMILES string of the molecule is COCc1cc(C)nc(OCC(=O)NN=CC=Cc2ccccc2)c1C#N. The van der Waals surface area contributed by atoms with Gasteiger partial charge in [0.2, 0.25) is 5.88 Å². The Morgan fingerprint density at radius 3 is 2.85 bits per heavy atom. The number of carbonyl (C=O) groups excluding carboxylic acids is 1. The quantitative estimate of drug-likeness (QED) is 0.574. The molecule has 1 aromatic carbocycles. The van der Waals surface area contributed by atoms with Crippen LogP contribution >= 0.6 is 0 Å². The normalized spacial score (nSPS) is 10.9. The second kappa shape index (κ2) is 10.5. The van der Waals surface area contributed by atoms with Crippen molar-refractivity contribution in [3.8, 4) is 11.9 Å². The molecule has 1 N–H and O–H groups in total. The molecule has 138 valence electrons. The monoisotopic (exact) mass is 364 g/mol. The van der Waals surface area contributed by atoms with Crippen molar-refractivity contribution in [1.29, 1.82) is 5.26 Å². The van der Waals surface area contributed by atoms with Crippen molar-refractivity contribution in [3.05, 3.63) is 64.9 Å². The molecule has 7 nitrogen and oxygen atoms in total. The number of nitrogens with zero attached hydrogens (tertiary/aromatic N) is 3. The highest BCUT2D eigenvalue weighted by Crippen LogP contribution is 2.21. The summed E-state index contributed by atoms with van der Waals surface area (Å²) in [6, 6.07) is 13.5. The molecule has 0 aliphatic heterocycles. The molecule has 0 atom stereocenters. The molecule has 2 aromatic rings. The van der Waals surface area contributed by atoms with Gasteiger partial charge < -0.3 is 9.47 Å². The van der Waals surface area contributed by atoms with Crippen LogP contribution in [0.3, 0.4) is 0 Å². The van der Waals surface area contributed by atoms with Crippen molar-refractivity contribution in [3.63, 3.8) is 0 Å². The third-order valence-electron chi connectivity index (χ3n) is 3.39. The number of amides is 1. The van der Waals surface area contributed by atoms with Crippen molar-refractivity contribution >= 4 is 18.2 Å². The predicted molar refractivity (Wildman–Crippen MR) is 102 cm³/mol. The highest BCUT2D eigenvalue weighted by molar-refractivity contribution is 5.82. The molecule has 1 heterocycles. The lowest BCUT2D eigenvalue weighted by Crippen LogP contribution is -2.25. The maximum Gasteiger partial charge on any atom is 0.278 e. The third kappa shape index (κ3) is 6.38. The minimum atomic E-state index is -0.458. The Hall–Kier alpha value is -3.50. The molecule has 0 spiro atoms. The standard InChI is InChI=1S/C20H20N4O3/c1-15-11-17(13-26-2)18(12-21)20(23-15)27-14-19(25)24-22-10-6-9-16-7-4-3-5-8-16/h3-11H,13-14H2,1-2H3,(H,24,25). The van der Waals surface area contributed by atoms with Crippen LogP contribution in [-0.2, 0) is 16.1 Å². The van der Waals surface area contributed by atoms with E-state index < -0.39 is 5.91 Å². The maximum absolute atomic E-state index is 11.8. The minimum Gasteiger partial charge on any atom is -0.467 e. The fraction of sp³-hybridized carbons (Fsp3) is 0.200. The van der Waals surface area contributed by atoms with E-state index in [1.807, 2.05) is 42.5 Å². The average Bonchev–Trinajstić information content (AvgIpc) is 2.67. The average molecular weight is 364 g/mol. The Balaban J connectivity index is 1.89. The number of pyridine rings is 1. The lowest BCUT2D eigenvalue weighted by molar-refractivity contribution is -0.123. The van der Waals surface area contributed by atoms with E-state index in [0.717, 1.165) is 5.56 Å². The van der Waals surface area contributed by atoms with Gasteiger partial charge in [-0.25, -0.2) is 10.4 Å². The number of rotatable bonds is 8. The zero-order chi connectivity index (χ0) is 19.5. The van der Waals surface area contributed by atoms with Crippen LogP contribution < -0.4 is 10.2 Å². The van der Waals surface area contributed by atoms with E-state index in [1.165, 1.54) is 13.3 Å². The van der Waals surface area contributed by atoms with Crippen LogP contribution in [0.4, 0.5) is 0 Å². The molecule has 0 aliphatic carbocycles. The Bertz CT molecular complexity index is 871. The summed E-state index contributed by atoms with van der Waals surface area (Å²) in [6.45, 7) is 1.72. The topological polar surface area (TPSA) is 96.6 Å². The number of hydrazone groups is 1. The van der Waals surface area contributed by atoms with Gasteiger partial charge in [-0.3, -0.25) is 4.79 Å². The summed E-state index contributed by atoms with van der Waals surface area (Å²) in [5.41, 5.74) is 4.96. The third-order valence-corrected chi connectivity index (χ3v) is 3.39. The first-order chi connectivity index (χ1) is 13.1. The van der Waals surface area contributed by atoms with E-state index in [1.54, 1.807) is 19.1 Å². The van der Waals surface area contributed by atoms with Gasteiger partial charge in [-0.05, 0) is 24.6 Å². The summed E-state index contributed by atoms with van der Waals surface area (Å²) >= 11 is 0. The van der Waals surface area contributed by atoms with E-state index >= 15 is 0 Å². The van der Waals surface area contributed by atoms with E-state index in [9.17, 15) is 10.1 Å². The number of nitriles is 1. The van der Waals surface area contributed by atoms with Gasteiger partial charge in [0.15, 0.2) is 6.61 Å². The highest BCUT2D eigenvalue weighted by Gasteiger charge is 2.14. The lowest BCUT2D eigenvalue weighted by Gasteiger charge is -2.10. The van der Waals surface area contributed by atoms with Crippen LogP contribution in [0.25, 0.3) is 6.08 Å². The van der Waals surface area contributed by atoms with Gasteiger partial charge in [0.1, 0.15) is 11.6 Å². The number of benzene rings is 1. The number of aryl methyl sites for hydroxylation is 1. The first-order valence-corrected chi connectivity index (χ1v) is 8.20. The summed E-state index contributed by atoms with van der Waals surface area (Å²) in [5.74, 6) is -0.354. The fourth-order valence-corrected chi connectivity index (χ4v) is 2.24. The number of methoxy groups -OCH3 is 1. The number of carbonyl (C=O) groups is 1. The Morgan fingerprint density at radius 2 is 2.15 bits per heavy atom. The molecule has 1 amide bonds. The van der Waals surface area contributed by atoms with Gasteiger partial charge in [-0.15, -0.1) is 0 Å². The molecule has 0 bridgehead atoms. The van der Waals surface area contributed by atoms with Gasteiger partial charge in [-0.2, -0.15) is 10.4 Å². The molecule has 1 aromatic heterocycles. The number of nitrogens with one attached hydrogen (secondary N) is 1. The van der Waals surface area contributed by atoms with Crippen molar-refractivity contribution in [2.45, 2.75) is 13.5 Å². The van der Waals surface area contributed by atoms with Crippen LogP contribution in [0.15, 0.2) is 47.6 Å². The Morgan fingerprint density at radius 1 is 1.37 bits per heavy atom. The van der Waals surface area contributed by atoms with Gasteiger partial charge >= 0.3 is 0 Å². The summed E-state index contributed by atoms with van der Waals surface area (Å²) < 4.78 is 10.5. The molecule has 0 saturated carbocycles. The van der Waals surface area contributed by atoms with E-state index in [2.05, 4.69) is 15.5 Å². The van der Waals surface area contributed by atoms with E-state index in [0.29, 0.717) is 11.3 Å². The first-order valence-electron chi connectivity index (χ1n) is 8.20. The van der Waals surface area contributed by atoms with Crippen LogP contribution in [0.2, 0.25) is 0 Å². The molecule has 0 aliphatic rings. The number of hydrogen-bond acceptors (Lipinski definition) is 6. The Kier molecular flexibility index (Phi) is 7.69. The summed E-state index contributed by atoms with van der Waals surface area (Å²) in [7, 11) is 1.54. The van der Waals surface area contributed by atoms with Crippen LogP contribution in [-0.4, -0.2) is 30.8 Å². The zero-order valence-electron chi connectivity index (χ0n) is 15.2. The summed E-state index contributed by atoms with van der Waals surface area (Å²) in [4.78, 5) is 16.0. The smallest absolute Gasteiger partial charge is 0.278 e. The second-order valence-electron chi connectivity index (χ2n) is 5.52. The van der Waals surface area contributed by atoms with Crippen LogP contribution in [0.5, 0.6) is 5.88 Å². The Labute approximate surface area is 157 Å². The molecule has 0 saturated heterocycles. The molecule has 27 heavy (non-hydrogen) atoms. The number of ether oxygens (including phenoxy) is 2. The maximum atomic E-state index is 11.8. The zero-order valence-corrected chi connectivity index (χ0v) is 15.2. The van der Waals surface area contributed by atoms with Crippen molar-refractivity contribution in [1.82, 2.24) is 10.4 Å². The van der Waals surface area contributed by atoms with Gasteiger partial charge in [0.25, 0.3) is 5.91 Å². The van der Waals surface area contributed by atoms with Crippen molar-refractivity contribution in [2.24, 2.45) is 5.10 Å².